The van der Waals surface area contributed by atoms with E-state index in [4.69, 9.17) is 4.74 Å². The van der Waals surface area contributed by atoms with E-state index in [-0.39, 0.29) is 5.60 Å². The van der Waals surface area contributed by atoms with Gasteiger partial charge in [0.05, 0.1) is 18.3 Å². The molecule has 1 aromatic rings. The molecular weight excluding hydrogens is 362 g/mol. The van der Waals surface area contributed by atoms with Crippen LogP contribution < -0.4 is 5.32 Å². The van der Waals surface area contributed by atoms with Crippen molar-refractivity contribution in [2.24, 2.45) is 0 Å². The molecule has 0 bridgehead atoms. The molecule has 0 aliphatic carbocycles. The van der Waals surface area contributed by atoms with Crippen molar-refractivity contribution in [1.82, 2.24) is 0 Å². The average Bonchev–Trinajstić information content (AvgIpc) is 2.26. The molecule has 18 heavy (non-hydrogen) atoms. The van der Waals surface area contributed by atoms with Crippen molar-refractivity contribution in [1.29, 1.82) is 0 Å². The van der Waals surface area contributed by atoms with Crippen LogP contribution in [0.25, 0.3) is 0 Å². The maximum Gasteiger partial charge on any atom is 0.0945 e. The molecular formula is C13H19Br2NO2. The molecule has 0 spiro atoms. The van der Waals surface area contributed by atoms with Gasteiger partial charge in [-0.2, -0.15) is 0 Å². The Balaban J connectivity index is 2.42. The van der Waals surface area contributed by atoms with Crippen LogP contribution in [0.1, 0.15) is 20.8 Å². The third-order valence-corrected chi connectivity index (χ3v) is 3.35. The molecule has 0 aromatic heterocycles. The first-order valence-electron chi connectivity index (χ1n) is 5.79. The normalized spacial score (nSPS) is 13.4. The maximum atomic E-state index is 9.82. The Bertz CT molecular complexity index is 391. The van der Waals surface area contributed by atoms with Gasteiger partial charge in [0, 0.05) is 21.2 Å². The molecule has 0 amide bonds. The molecule has 0 fully saturated rings. The van der Waals surface area contributed by atoms with E-state index in [9.17, 15) is 5.11 Å². The molecule has 0 saturated carbocycles. The minimum Gasteiger partial charge on any atom is -0.389 e. The second kappa shape index (κ2) is 6.89. The maximum absolute atomic E-state index is 9.82. The van der Waals surface area contributed by atoms with Gasteiger partial charge in [-0.15, -0.1) is 0 Å². The third kappa shape index (κ3) is 6.18. The van der Waals surface area contributed by atoms with Crippen molar-refractivity contribution < 1.29 is 9.84 Å². The highest BCUT2D eigenvalue weighted by atomic mass is 79.9. The molecule has 0 radical (unpaired) electrons. The Kier molecular flexibility index (Phi) is 6.11. The van der Waals surface area contributed by atoms with Crippen LogP contribution in [0.3, 0.4) is 0 Å². The fourth-order valence-corrected chi connectivity index (χ4v) is 2.01. The van der Waals surface area contributed by atoms with Crippen LogP contribution in [-0.2, 0) is 4.74 Å². The highest BCUT2D eigenvalue weighted by molar-refractivity contribution is 9.11. The van der Waals surface area contributed by atoms with Gasteiger partial charge in [0.15, 0.2) is 0 Å². The predicted molar refractivity (Wildman–Crippen MR) is 82.0 cm³/mol. The van der Waals surface area contributed by atoms with Gasteiger partial charge in [-0.1, -0.05) is 15.9 Å². The van der Waals surface area contributed by atoms with E-state index >= 15 is 0 Å². The molecule has 5 heteroatoms. The number of nitrogens with one attached hydrogen (secondary N) is 1. The number of rotatable bonds is 5. The highest BCUT2D eigenvalue weighted by Gasteiger charge is 2.13. The number of halogens is 2. The standard InChI is InChI=1S/C13H19Br2NO2/c1-13(2,3)18-8-10(17)7-16-12-6-9(14)4-5-11(12)15/h4-6,10,16-17H,7-8H2,1-3H3. The van der Waals surface area contributed by atoms with Gasteiger partial charge in [-0.25, -0.2) is 0 Å². The van der Waals surface area contributed by atoms with Crippen molar-refractivity contribution in [2.75, 3.05) is 18.5 Å². The molecule has 1 atom stereocenters. The number of aliphatic hydroxyl groups excluding tert-OH is 1. The lowest BCUT2D eigenvalue weighted by Crippen LogP contribution is -2.30. The Morgan fingerprint density at radius 3 is 2.61 bits per heavy atom. The summed E-state index contributed by atoms with van der Waals surface area (Å²) in [6.07, 6.45) is -0.532. The van der Waals surface area contributed by atoms with Crippen LogP contribution >= 0.6 is 31.9 Å². The third-order valence-electron chi connectivity index (χ3n) is 2.17. The first-order valence-corrected chi connectivity index (χ1v) is 7.37. The molecule has 0 aliphatic heterocycles. The van der Waals surface area contributed by atoms with E-state index in [1.807, 2.05) is 39.0 Å². The summed E-state index contributed by atoms with van der Waals surface area (Å²) in [5, 5.41) is 13.0. The lowest BCUT2D eigenvalue weighted by Gasteiger charge is -2.22. The van der Waals surface area contributed by atoms with E-state index in [1.165, 1.54) is 0 Å². The molecule has 1 unspecified atom stereocenters. The van der Waals surface area contributed by atoms with Crippen LogP contribution in [0.5, 0.6) is 0 Å². The Hall–Kier alpha value is -0.100. The lowest BCUT2D eigenvalue weighted by molar-refractivity contribution is -0.0449. The molecule has 2 N–H and O–H groups in total. The zero-order valence-electron chi connectivity index (χ0n) is 10.8. The van der Waals surface area contributed by atoms with E-state index in [2.05, 4.69) is 37.2 Å². The Morgan fingerprint density at radius 2 is 2.00 bits per heavy atom. The lowest BCUT2D eigenvalue weighted by atomic mass is 10.2. The summed E-state index contributed by atoms with van der Waals surface area (Å²) in [5.74, 6) is 0. The van der Waals surface area contributed by atoms with Crippen LogP contribution in [0.15, 0.2) is 27.1 Å². The SMILES string of the molecule is CC(C)(C)OCC(O)CNc1cc(Br)ccc1Br. The molecule has 102 valence electrons. The minimum atomic E-state index is -0.532. The van der Waals surface area contributed by atoms with Gasteiger partial charge >= 0.3 is 0 Å². The monoisotopic (exact) mass is 379 g/mol. The fourth-order valence-electron chi connectivity index (χ4n) is 1.27. The first-order chi connectivity index (χ1) is 8.28. The zero-order chi connectivity index (χ0) is 13.8. The molecule has 0 heterocycles. The van der Waals surface area contributed by atoms with Crippen molar-refractivity contribution in [3.63, 3.8) is 0 Å². The Labute approximate surface area is 125 Å². The molecule has 0 saturated heterocycles. The molecule has 3 nitrogen and oxygen atoms in total. The van der Waals surface area contributed by atoms with Crippen molar-refractivity contribution >= 4 is 37.5 Å². The van der Waals surface area contributed by atoms with E-state index < -0.39 is 6.10 Å². The second-order valence-electron chi connectivity index (χ2n) is 5.08. The molecule has 0 aliphatic rings. The van der Waals surface area contributed by atoms with Crippen LogP contribution in [0.2, 0.25) is 0 Å². The topological polar surface area (TPSA) is 41.5 Å². The summed E-state index contributed by atoms with van der Waals surface area (Å²) >= 11 is 6.87. The number of hydrogen-bond donors (Lipinski definition) is 2. The smallest absolute Gasteiger partial charge is 0.0945 e. The second-order valence-corrected chi connectivity index (χ2v) is 6.85. The van der Waals surface area contributed by atoms with Gasteiger partial charge in [0.2, 0.25) is 0 Å². The van der Waals surface area contributed by atoms with Gasteiger partial charge in [-0.05, 0) is 54.9 Å². The largest absolute Gasteiger partial charge is 0.389 e. The summed E-state index contributed by atoms with van der Waals surface area (Å²) in [6, 6.07) is 5.86. The summed E-state index contributed by atoms with van der Waals surface area (Å²) in [6.45, 7) is 6.68. The van der Waals surface area contributed by atoms with Gasteiger partial charge < -0.3 is 15.2 Å². The van der Waals surface area contributed by atoms with Crippen molar-refractivity contribution in [3.8, 4) is 0 Å². The predicted octanol–water partition coefficient (Wildman–Crippen LogP) is 3.80. The van der Waals surface area contributed by atoms with Crippen molar-refractivity contribution in [2.45, 2.75) is 32.5 Å². The zero-order valence-corrected chi connectivity index (χ0v) is 14.0. The quantitative estimate of drug-likeness (QED) is 0.816. The van der Waals surface area contributed by atoms with Crippen molar-refractivity contribution in [3.05, 3.63) is 27.1 Å². The first kappa shape index (κ1) is 16.0. The number of aliphatic hydroxyl groups is 1. The van der Waals surface area contributed by atoms with Gasteiger partial charge in [0.1, 0.15) is 0 Å². The van der Waals surface area contributed by atoms with Gasteiger partial charge in [-0.3, -0.25) is 0 Å². The van der Waals surface area contributed by atoms with E-state index in [0.717, 1.165) is 14.6 Å². The fraction of sp³-hybridized carbons (Fsp3) is 0.538. The average molecular weight is 381 g/mol. The number of benzene rings is 1. The summed E-state index contributed by atoms with van der Waals surface area (Å²) in [4.78, 5) is 0. The molecule has 1 aromatic carbocycles. The number of anilines is 1. The van der Waals surface area contributed by atoms with Crippen LogP contribution in [-0.4, -0.2) is 30.0 Å². The van der Waals surface area contributed by atoms with Crippen LogP contribution in [0.4, 0.5) is 5.69 Å². The molecule has 1 rings (SSSR count). The van der Waals surface area contributed by atoms with E-state index in [1.54, 1.807) is 0 Å². The number of ether oxygens (including phenoxy) is 1. The van der Waals surface area contributed by atoms with Gasteiger partial charge in [0.25, 0.3) is 0 Å². The summed E-state index contributed by atoms with van der Waals surface area (Å²) in [7, 11) is 0. The van der Waals surface area contributed by atoms with E-state index in [0.29, 0.717) is 13.2 Å². The summed E-state index contributed by atoms with van der Waals surface area (Å²) < 4.78 is 7.48. The number of hydrogen-bond acceptors (Lipinski definition) is 3. The highest BCUT2D eigenvalue weighted by Crippen LogP contribution is 2.26. The van der Waals surface area contributed by atoms with Crippen LogP contribution in [0, 0.1) is 0 Å². The summed E-state index contributed by atoms with van der Waals surface area (Å²) in [5.41, 5.74) is 0.719. The Morgan fingerprint density at radius 1 is 1.33 bits per heavy atom. The minimum absolute atomic E-state index is 0.225.